The van der Waals surface area contributed by atoms with Crippen LogP contribution in [0.4, 0.5) is 0 Å². The Morgan fingerprint density at radius 1 is 1.44 bits per heavy atom. The molecule has 0 bridgehead atoms. The lowest BCUT2D eigenvalue weighted by molar-refractivity contribution is -0.117. The molecule has 5 nitrogen and oxygen atoms in total. The second-order valence-corrected chi connectivity index (χ2v) is 4.05. The molecule has 1 rings (SSSR count). The van der Waals surface area contributed by atoms with Gasteiger partial charge in [-0.15, -0.1) is 0 Å². The lowest BCUT2D eigenvalue weighted by Crippen LogP contribution is -2.27. The van der Waals surface area contributed by atoms with Crippen molar-refractivity contribution in [3.63, 3.8) is 0 Å². The quantitative estimate of drug-likeness (QED) is 0.763. The second kappa shape index (κ2) is 5.50. The summed E-state index contributed by atoms with van der Waals surface area (Å²) < 4.78 is 0.679. The third-order valence-electron chi connectivity index (χ3n) is 1.86. The minimum atomic E-state index is -0.486. The second-order valence-electron chi connectivity index (χ2n) is 3.13. The molecule has 0 radical (unpaired) electrons. The first-order valence-corrected chi connectivity index (χ1v) is 5.35. The van der Waals surface area contributed by atoms with Crippen LogP contribution in [0.25, 0.3) is 0 Å². The summed E-state index contributed by atoms with van der Waals surface area (Å²) in [6.07, 6.45) is 0.0725. The molecular formula is C10H11BrN2O3. The van der Waals surface area contributed by atoms with Crippen LogP contribution in [0.3, 0.4) is 0 Å². The zero-order valence-corrected chi connectivity index (χ0v) is 9.95. The molecule has 0 atom stereocenters. The van der Waals surface area contributed by atoms with Crippen LogP contribution in [-0.2, 0) is 4.79 Å². The van der Waals surface area contributed by atoms with Crippen LogP contribution in [0.5, 0.6) is 5.75 Å². The van der Waals surface area contributed by atoms with E-state index in [4.69, 9.17) is 5.73 Å². The number of hydrogen-bond acceptors (Lipinski definition) is 3. The highest BCUT2D eigenvalue weighted by Crippen LogP contribution is 2.21. The molecule has 2 amide bonds. The Morgan fingerprint density at radius 3 is 2.69 bits per heavy atom. The molecule has 86 valence electrons. The van der Waals surface area contributed by atoms with Crippen molar-refractivity contribution in [2.24, 2.45) is 5.73 Å². The van der Waals surface area contributed by atoms with E-state index in [0.29, 0.717) is 4.47 Å². The summed E-state index contributed by atoms with van der Waals surface area (Å²) in [4.78, 5) is 22.0. The van der Waals surface area contributed by atoms with Crippen LogP contribution in [0.2, 0.25) is 0 Å². The van der Waals surface area contributed by atoms with Gasteiger partial charge >= 0.3 is 0 Å². The highest BCUT2D eigenvalue weighted by Gasteiger charge is 2.10. The minimum Gasteiger partial charge on any atom is -0.507 e. The summed E-state index contributed by atoms with van der Waals surface area (Å²) in [6.45, 7) is 0.156. The number of aromatic hydroxyl groups is 1. The van der Waals surface area contributed by atoms with Gasteiger partial charge in [0.15, 0.2) is 0 Å². The third kappa shape index (κ3) is 3.54. The Labute approximate surface area is 101 Å². The maximum atomic E-state index is 11.5. The van der Waals surface area contributed by atoms with Crippen molar-refractivity contribution in [3.8, 4) is 5.75 Å². The first kappa shape index (κ1) is 12.5. The Balaban J connectivity index is 2.63. The first-order chi connectivity index (χ1) is 7.50. The maximum absolute atomic E-state index is 11.5. The fraction of sp³-hybridized carbons (Fsp3) is 0.200. The Hall–Kier alpha value is -1.56. The van der Waals surface area contributed by atoms with Gasteiger partial charge in [0, 0.05) is 17.4 Å². The number of halogens is 1. The van der Waals surface area contributed by atoms with Gasteiger partial charge in [-0.05, 0) is 18.2 Å². The Morgan fingerprint density at radius 2 is 2.12 bits per heavy atom. The van der Waals surface area contributed by atoms with Gasteiger partial charge in [0.05, 0.1) is 5.56 Å². The number of carbonyl (C=O) groups is 2. The summed E-state index contributed by atoms with van der Waals surface area (Å²) >= 11 is 3.16. The van der Waals surface area contributed by atoms with Crippen molar-refractivity contribution < 1.29 is 14.7 Å². The third-order valence-corrected chi connectivity index (χ3v) is 2.35. The largest absolute Gasteiger partial charge is 0.507 e. The molecule has 4 N–H and O–H groups in total. The molecule has 0 aromatic heterocycles. The van der Waals surface area contributed by atoms with Crippen LogP contribution in [0.15, 0.2) is 22.7 Å². The normalized spacial score (nSPS) is 9.81. The number of nitrogens with one attached hydrogen (secondary N) is 1. The average molecular weight is 287 g/mol. The molecule has 16 heavy (non-hydrogen) atoms. The molecule has 0 unspecified atom stereocenters. The minimum absolute atomic E-state index is 0.0725. The number of primary amides is 1. The van der Waals surface area contributed by atoms with Gasteiger partial charge in [-0.3, -0.25) is 9.59 Å². The van der Waals surface area contributed by atoms with E-state index in [0.717, 1.165) is 0 Å². The smallest absolute Gasteiger partial charge is 0.255 e. The highest BCUT2D eigenvalue weighted by atomic mass is 79.9. The van der Waals surface area contributed by atoms with Crippen molar-refractivity contribution in [1.29, 1.82) is 0 Å². The molecule has 1 aromatic rings. The molecule has 0 fully saturated rings. The number of amides is 2. The maximum Gasteiger partial charge on any atom is 0.255 e. The molecule has 0 saturated carbocycles. The fourth-order valence-electron chi connectivity index (χ4n) is 1.09. The summed E-state index contributed by atoms with van der Waals surface area (Å²) in [7, 11) is 0. The highest BCUT2D eigenvalue weighted by molar-refractivity contribution is 9.10. The van der Waals surface area contributed by atoms with Crippen molar-refractivity contribution >= 4 is 27.7 Å². The van der Waals surface area contributed by atoms with Crippen LogP contribution in [-0.4, -0.2) is 23.5 Å². The first-order valence-electron chi connectivity index (χ1n) is 4.55. The summed E-state index contributed by atoms with van der Waals surface area (Å²) in [5.41, 5.74) is 5.08. The number of nitrogens with two attached hydrogens (primary N) is 1. The molecule has 6 heteroatoms. The van der Waals surface area contributed by atoms with Crippen molar-refractivity contribution in [2.45, 2.75) is 6.42 Å². The van der Waals surface area contributed by atoms with Gasteiger partial charge < -0.3 is 16.2 Å². The molecule has 1 aromatic carbocycles. The number of benzene rings is 1. The molecule has 0 saturated heterocycles. The zero-order valence-electron chi connectivity index (χ0n) is 8.37. The summed E-state index contributed by atoms with van der Waals surface area (Å²) in [5, 5.41) is 12.0. The van der Waals surface area contributed by atoms with Crippen LogP contribution < -0.4 is 11.1 Å². The van der Waals surface area contributed by atoms with E-state index in [2.05, 4.69) is 21.2 Å². The van der Waals surface area contributed by atoms with Crippen molar-refractivity contribution in [3.05, 3.63) is 28.2 Å². The SMILES string of the molecule is NC(=O)CCNC(=O)c1ccc(Br)cc1O. The summed E-state index contributed by atoms with van der Waals surface area (Å²) in [5.74, 6) is -1.04. The van der Waals surface area contributed by atoms with Gasteiger partial charge in [-0.2, -0.15) is 0 Å². The molecule has 0 spiro atoms. The topological polar surface area (TPSA) is 92.4 Å². The van der Waals surface area contributed by atoms with Gasteiger partial charge in [-0.25, -0.2) is 0 Å². The molecule has 0 aliphatic rings. The van der Waals surface area contributed by atoms with Crippen LogP contribution in [0.1, 0.15) is 16.8 Å². The standard InChI is InChI=1S/C10H11BrN2O3/c11-6-1-2-7(8(14)5-6)10(16)13-4-3-9(12)15/h1-2,5,14H,3-4H2,(H2,12,15)(H,13,16). The van der Waals surface area contributed by atoms with Gasteiger partial charge in [0.25, 0.3) is 5.91 Å². The average Bonchev–Trinajstić information content (AvgIpc) is 2.16. The molecule has 0 aliphatic carbocycles. The van der Waals surface area contributed by atoms with E-state index in [1.807, 2.05) is 0 Å². The lowest BCUT2D eigenvalue weighted by Gasteiger charge is -2.05. The number of hydrogen-bond donors (Lipinski definition) is 3. The van der Waals surface area contributed by atoms with E-state index in [-0.39, 0.29) is 24.3 Å². The lowest BCUT2D eigenvalue weighted by atomic mass is 10.2. The number of phenols is 1. The predicted molar refractivity (Wildman–Crippen MR) is 62.0 cm³/mol. The molecular weight excluding hydrogens is 276 g/mol. The van der Waals surface area contributed by atoms with E-state index in [9.17, 15) is 14.7 Å². The van der Waals surface area contributed by atoms with E-state index in [1.54, 1.807) is 6.07 Å². The Bertz CT molecular complexity index is 421. The monoisotopic (exact) mass is 286 g/mol. The zero-order chi connectivity index (χ0) is 12.1. The summed E-state index contributed by atoms with van der Waals surface area (Å²) in [6, 6.07) is 4.55. The Kier molecular flexibility index (Phi) is 4.30. The number of carbonyl (C=O) groups excluding carboxylic acids is 2. The van der Waals surface area contributed by atoms with Crippen LogP contribution in [0, 0.1) is 0 Å². The van der Waals surface area contributed by atoms with E-state index in [1.165, 1.54) is 12.1 Å². The predicted octanol–water partition coefficient (Wildman–Crippen LogP) is 0.760. The van der Waals surface area contributed by atoms with E-state index >= 15 is 0 Å². The molecule has 0 aliphatic heterocycles. The van der Waals surface area contributed by atoms with Crippen molar-refractivity contribution in [2.75, 3.05) is 6.54 Å². The van der Waals surface area contributed by atoms with Gasteiger partial charge in [0.1, 0.15) is 5.75 Å². The van der Waals surface area contributed by atoms with E-state index < -0.39 is 11.8 Å². The fourth-order valence-corrected chi connectivity index (χ4v) is 1.44. The van der Waals surface area contributed by atoms with Gasteiger partial charge in [0.2, 0.25) is 5.91 Å². The number of rotatable bonds is 4. The van der Waals surface area contributed by atoms with Crippen LogP contribution >= 0.6 is 15.9 Å². The van der Waals surface area contributed by atoms with Gasteiger partial charge in [-0.1, -0.05) is 15.9 Å². The van der Waals surface area contributed by atoms with Crippen molar-refractivity contribution in [1.82, 2.24) is 5.32 Å². The number of phenolic OH excluding ortho intramolecular Hbond substituents is 1. The molecule has 0 heterocycles.